The first-order valence-electron chi connectivity index (χ1n) is 9.90. The predicted octanol–water partition coefficient (Wildman–Crippen LogP) is 3.40. The number of hydrogen-bond acceptors (Lipinski definition) is 6. The third-order valence-electron chi connectivity index (χ3n) is 5.09. The number of methoxy groups -OCH3 is 1. The number of nitrogens with zero attached hydrogens (tertiary/aromatic N) is 4. The Morgan fingerprint density at radius 2 is 1.61 bits per heavy atom. The van der Waals surface area contributed by atoms with Crippen LogP contribution in [0.4, 0.5) is 17.5 Å². The van der Waals surface area contributed by atoms with Crippen molar-refractivity contribution in [2.24, 2.45) is 0 Å². The first-order chi connectivity index (χ1) is 13.8. The van der Waals surface area contributed by atoms with Crippen LogP contribution in [-0.4, -0.2) is 56.4 Å². The van der Waals surface area contributed by atoms with Gasteiger partial charge in [-0.05, 0) is 30.7 Å². The summed E-state index contributed by atoms with van der Waals surface area (Å²) in [6.07, 6.45) is 0.944. The molecule has 0 radical (unpaired) electrons. The van der Waals surface area contributed by atoms with E-state index in [1.165, 1.54) is 5.69 Å². The van der Waals surface area contributed by atoms with Crippen LogP contribution >= 0.6 is 0 Å². The fraction of sp³-hybridized carbons (Fsp3) is 0.364. The van der Waals surface area contributed by atoms with Gasteiger partial charge in [0, 0.05) is 57.5 Å². The van der Waals surface area contributed by atoms with Gasteiger partial charge in [0.1, 0.15) is 5.82 Å². The van der Waals surface area contributed by atoms with Gasteiger partial charge in [0.15, 0.2) is 0 Å². The Hall–Kier alpha value is -2.86. The molecule has 6 heteroatoms. The Labute approximate surface area is 166 Å². The van der Waals surface area contributed by atoms with E-state index in [1.54, 1.807) is 7.11 Å². The molecule has 2 heterocycles. The van der Waals surface area contributed by atoms with Gasteiger partial charge in [-0.25, -0.2) is 4.98 Å². The van der Waals surface area contributed by atoms with Gasteiger partial charge in [-0.2, -0.15) is 4.98 Å². The summed E-state index contributed by atoms with van der Waals surface area (Å²) in [5.74, 6) is 1.71. The SMILES string of the molecule is COCCCNc1nc(N2CCN(c3ccccc3)CC2)nc2ccccc12. The molecular weight excluding hydrogens is 350 g/mol. The predicted molar refractivity (Wildman–Crippen MR) is 115 cm³/mol. The summed E-state index contributed by atoms with van der Waals surface area (Å²) in [4.78, 5) is 14.4. The van der Waals surface area contributed by atoms with Crippen LogP contribution in [0.25, 0.3) is 10.9 Å². The second-order valence-electron chi connectivity index (χ2n) is 6.97. The molecule has 4 rings (SSSR count). The van der Waals surface area contributed by atoms with Gasteiger partial charge >= 0.3 is 0 Å². The van der Waals surface area contributed by atoms with Crippen LogP contribution in [0.3, 0.4) is 0 Å². The molecule has 1 saturated heterocycles. The zero-order valence-electron chi connectivity index (χ0n) is 16.3. The molecule has 3 aromatic rings. The van der Waals surface area contributed by atoms with Gasteiger partial charge in [0.2, 0.25) is 5.95 Å². The summed E-state index contributed by atoms with van der Waals surface area (Å²) in [7, 11) is 1.73. The zero-order valence-corrected chi connectivity index (χ0v) is 16.3. The second kappa shape index (κ2) is 8.89. The second-order valence-corrected chi connectivity index (χ2v) is 6.97. The Morgan fingerprint density at radius 3 is 2.39 bits per heavy atom. The molecule has 0 unspecified atom stereocenters. The van der Waals surface area contributed by atoms with Crippen LogP contribution in [0.5, 0.6) is 0 Å². The molecule has 1 fully saturated rings. The minimum atomic E-state index is 0.740. The summed E-state index contributed by atoms with van der Waals surface area (Å²) in [5, 5.41) is 4.53. The Morgan fingerprint density at radius 1 is 0.893 bits per heavy atom. The Balaban J connectivity index is 1.50. The average molecular weight is 377 g/mol. The van der Waals surface area contributed by atoms with Crippen molar-refractivity contribution >= 4 is 28.4 Å². The quantitative estimate of drug-likeness (QED) is 0.637. The van der Waals surface area contributed by atoms with E-state index in [-0.39, 0.29) is 0 Å². The van der Waals surface area contributed by atoms with Crippen molar-refractivity contribution in [1.82, 2.24) is 9.97 Å². The number of para-hydroxylation sites is 2. The van der Waals surface area contributed by atoms with Crippen LogP contribution in [0, 0.1) is 0 Å². The summed E-state index contributed by atoms with van der Waals surface area (Å²) in [6, 6.07) is 18.8. The highest BCUT2D eigenvalue weighted by atomic mass is 16.5. The van der Waals surface area contributed by atoms with Crippen molar-refractivity contribution < 1.29 is 4.74 Å². The summed E-state index contributed by atoms with van der Waals surface area (Å²) in [6.45, 7) is 5.33. The minimum absolute atomic E-state index is 0.740. The van der Waals surface area contributed by atoms with Crippen LogP contribution in [0.15, 0.2) is 54.6 Å². The van der Waals surface area contributed by atoms with Crippen molar-refractivity contribution in [3.63, 3.8) is 0 Å². The minimum Gasteiger partial charge on any atom is -0.385 e. The number of benzene rings is 2. The number of hydrogen-bond donors (Lipinski definition) is 1. The van der Waals surface area contributed by atoms with E-state index < -0.39 is 0 Å². The van der Waals surface area contributed by atoms with E-state index in [0.717, 1.165) is 68.4 Å². The van der Waals surface area contributed by atoms with Crippen LogP contribution in [-0.2, 0) is 4.74 Å². The van der Waals surface area contributed by atoms with Gasteiger partial charge in [-0.1, -0.05) is 30.3 Å². The molecule has 2 aromatic carbocycles. The first-order valence-corrected chi connectivity index (χ1v) is 9.90. The molecule has 0 spiro atoms. The number of fused-ring (bicyclic) bond motifs is 1. The van der Waals surface area contributed by atoms with Crippen LogP contribution < -0.4 is 15.1 Å². The van der Waals surface area contributed by atoms with Crippen LogP contribution in [0.1, 0.15) is 6.42 Å². The smallest absolute Gasteiger partial charge is 0.228 e. The van der Waals surface area contributed by atoms with Crippen molar-refractivity contribution in [1.29, 1.82) is 0 Å². The molecule has 28 heavy (non-hydrogen) atoms. The average Bonchev–Trinajstić information content (AvgIpc) is 2.77. The van der Waals surface area contributed by atoms with Gasteiger partial charge < -0.3 is 19.9 Å². The Kier molecular flexibility index (Phi) is 5.87. The lowest BCUT2D eigenvalue weighted by Crippen LogP contribution is -2.47. The molecule has 0 saturated carbocycles. The summed E-state index contributed by atoms with van der Waals surface area (Å²) < 4.78 is 5.15. The number of ether oxygens (including phenoxy) is 1. The number of piperazine rings is 1. The summed E-state index contributed by atoms with van der Waals surface area (Å²) >= 11 is 0. The molecule has 0 atom stereocenters. The summed E-state index contributed by atoms with van der Waals surface area (Å²) in [5.41, 5.74) is 2.26. The van der Waals surface area contributed by atoms with E-state index in [2.05, 4.69) is 57.6 Å². The van der Waals surface area contributed by atoms with E-state index in [9.17, 15) is 0 Å². The molecule has 0 amide bonds. The standard InChI is InChI=1S/C22H27N5O/c1-28-17-7-12-23-21-19-10-5-6-11-20(19)24-22(25-21)27-15-13-26(14-16-27)18-8-3-2-4-9-18/h2-6,8-11H,7,12-17H2,1H3,(H,23,24,25). The van der Waals surface area contributed by atoms with Crippen LogP contribution in [0.2, 0.25) is 0 Å². The molecule has 0 aliphatic carbocycles. The molecule has 1 aliphatic rings. The van der Waals surface area contributed by atoms with Crippen molar-refractivity contribution in [3.05, 3.63) is 54.6 Å². The molecule has 0 bridgehead atoms. The maximum Gasteiger partial charge on any atom is 0.228 e. The fourth-order valence-electron chi connectivity index (χ4n) is 3.57. The van der Waals surface area contributed by atoms with E-state index in [0.29, 0.717) is 0 Å². The number of aromatic nitrogens is 2. The number of rotatable bonds is 7. The normalized spacial score (nSPS) is 14.5. The molecule has 1 aliphatic heterocycles. The van der Waals surface area contributed by atoms with E-state index in [4.69, 9.17) is 14.7 Å². The van der Waals surface area contributed by atoms with Crippen molar-refractivity contribution in [2.45, 2.75) is 6.42 Å². The third kappa shape index (κ3) is 4.17. The first kappa shape index (κ1) is 18.5. The highest BCUT2D eigenvalue weighted by molar-refractivity contribution is 5.90. The van der Waals surface area contributed by atoms with Crippen molar-refractivity contribution in [3.8, 4) is 0 Å². The highest BCUT2D eigenvalue weighted by Gasteiger charge is 2.20. The maximum absolute atomic E-state index is 5.15. The number of anilines is 3. The Bertz CT molecular complexity index is 894. The van der Waals surface area contributed by atoms with E-state index >= 15 is 0 Å². The van der Waals surface area contributed by atoms with Gasteiger partial charge in [-0.15, -0.1) is 0 Å². The molecule has 146 valence electrons. The topological polar surface area (TPSA) is 53.5 Å². The molecule has 1 aromatic heterocycles. The highest BCUT2D eigenvalue weighted by Crippen LogP contribution is 2.25. The lowest BCUT2D eigenvalue weighted by atomic mass is 10.2. The lowest BCUT2D eigenvalue weighted by Gasteiger charge is -2.36. The maximum atomic E-state index is 5.15. The number of nitrogens with one attached hydrogen (secondary N) is 1. The monoisotopic (exact) mass is 377 g/mol. The third-order valence-corrected chi connectivity index (χ3v) is 5.09. The molecule has 1 N–H and O–H groups in total. The van der Waals surface area contributed by atoms with Gasteiger partial charge in [0.25, 0.3) is 0 Å². The molecule has 6 nitrogen and oxygen atoms in total. The van der Waals surface area contributed by atoms with E-state index in [1.807, 2.05) is 12.1 Å². The fourth-order valence-corrected chi connectivity index (χ4v) is 3.57. The zero-order chi connectivity index (χ0) is 19.2. The van der Waals surface area contributed by atoms with Gasteiger partial charge in [-0.3, -0.25) is 0 Å². The largest absolute Gasteiger partial charge is 0.385 e. The van der Waals surface area contributed by atoms with Crippen molar-refractivity contribution in [2.75, 3.05) is 61.6 Å². The lowest BCUT2D eigenvalue weighted by molar-refractivity contribution is 0.198. The van der Waals surface area contributed by atoms with Gasteiger partial charge in [0.05, 0.1) is 5.52 Å². The molecular formula is C22H27N5O.